The summed E-state index contributed by atoms with van der Waals surface area (Å²) in [5, 5.41) is 11.8. The van der Waals surface area contributed by atoms with Crippen LogP contribution in [0.5, 0.6) is 0 Å². The largest absolute Gasteiger partial charge is 0.469 e. The number of amides is 2. The molecule has 2 amide bonds. The highest BCUT2D eigenvalue weighted by atomic mass is 32.2. The van der Waals surface area contributed by atoms with Crippen molar-refractivity contribution in [2.75, 3.05) is 11.1 Å². The first-order chi connectivity index (χ1) is 15.1. The number of nitrogens with zero attached hydrogens (tertiary/aromatic N) is 3. The highest BCUT2D eigenvalue weighted by Crippen LogP contribution is 2.34. The number of nitrogens with one attached hydrogen (secondary N) is 1. The number of aryl methyl sites for hydroxylation is 1. The van der Waals surface area contributed by atoms with Crippen molar-refractivity contribution in [3.05, 3.63) is 34.1 Å². The Morgan fingerprint density at radius 3 is 2.62 bits per heavy atom. The van der Waals surface area contributed by atoms with Crippen LogP contribution in [0, 0.1) is 13.8 Å². The molecule has 10 nitrogen and oxygen atoms in total. The van der Waals surface area contributed by atoms with Crippen molar-refractivity contribution < 1.29 is 23.5 Å². The topological polar surface area (TPSA) is 142 Å². The number of furan rings is 1. The second-order valence-electron chi connectivity index (χ2n) is 7.17. The average Bonchev–Trinajstić information content (AvgIpc) is 3.37. The van der Waals surface area contributed by atoms with Crippen LogP contribution in [0.25, 0.3) is 11.4 Å². The third kappa shape index (κ3) is 4.86. The molecular formula is C20H23N5O5S2. The molecule has 0 fully saturated rings. The SMILES string of the molecule is Cc1occc1-c1nnc(SCC(=O)Nc2sc(C(N)=O)c(C)c2C(=O)OC(C)C)n1C. The zero-order chi connectivity index (χ0) is 23.6. The molecule has 0 radical (unpaired) electrons. The van der Waals surface area contributed by atoms with E-state index in [9.17, 15) is 14.4 Å². The lowest BCUT2D eigenvalue weighted by molar-refractivity contribution is -0.113. The molecule has 0 aliphatic rings. The molecule has 3 rings (SSSR count). The smallest absolute Gasteiger partial charge is 0.341 e. The maximum absolute atomic E-state index is 12.6. The summed E-state index contributed by atoms with van der Waals surface area (Å²) >= 11 is 2.13. The number of esters is 1. The van der Waals surface area contributed by atoms with Crippen LogP contribution in [-0.4, -0.2) is 44.4 Å². The van der Waals surface area contributed by atoms with Gasteiger partial charge in [-0.2, -0.15) is 0 Å². The molecule has 0 saturated carbocycles. The van der Waals surface area contributed by atoms with E-state index in [1.807, 2.05) is 6.92 Å². The molecule has 3 aromatic heterocycles. The normalized spacial score (nSPS) is 11.1. The van der Waals surface area contributed by atoms with E-state index in [0.29, 0.717) is 22.3 Å². The van der Waals surface area contributed by atoms with Crippen LogP contribution < -0.4 is 11.1 Å². The van der Waals surface area contributed by atoms with Gasteiger partial charge in [-0.3, -0.25) is 9.59 Å². The van der Waals surface area contributed by atoms with Crippen LogP contribution in [0.1, 0.15) is 45.2 Å². The maximum atomic E-state index is 12.6. The van der Waals surface area contributed by atoms with Crippen molar-refractivity contribution in [3.8, 4) is 11.4 Å². The number of primary amides is 1. The minimum atomic E-state index is -0.679. The Morgan fingerprint density at radius 2 is 2.03 bits per heavy atom. The molecule has 170 valence electrons. The van der Waals surface area contributed by atoms with Gasteiger partial charge in [0.1, 0.15) is 10.8 Å². The first kappa shape index (κ1) is 23.5. The van der Waals surface area contributed by atoms with Gasteiger partial charge in [0.2, 0.25) is 5.91 Å². The highest BCUT2D eigenvalue weighted by molar-refractivity contribution is 7.99. The van der Waals surface area contributed by atoms with Crippen LogP contribution in [0.2, 0.25) is 0 Å². The van der Waals surface area contributed by atoms with E-state index in [1.54, 1.807) is 44.7 Å². The first-order valence-electron chi connectivity index (χ1n) is 9.60. The van der Waals surface area contributed by atoms with E-state index in [0.717, 1.165) is 16.9 Å². The molecule has 0 bridgehead atoms. The van der Waals surface area contributed by atoms with Crippen molar-refractivity contribution >= 4 is 45.9 Å². The Bertz CT molecular complexity index is 1180. The quantitative estimate of drug-likeness (QED) is 0.372. The van der Waals surface area contributed by atoms with Crippen molar-refractivity contribution in [3.63, 3.8) is 0 Å². The fourth-order valence-corrected chi connectivity index (χ4v) is 4.71. The number of anilines is 1. The Labute approximate surface area is 192 Å². The van der Waals surface area contributed by atoms with E-state index < -0.39 is 11.9 Å². The number of thiophene rings is 1. The fourth-order valence-electron chi connectivity index (χ4n) is 2.94. The average molecular weight is 478 g/mol. The summed E-state index contributed by atoms with van der Waals surface area (Å²) in [5.41, 5.74) is 6.74. The van der Waals surface area contributed by atoms with E-state index in [4.69, 9.17) is 14.9 Å². The summed E-state index contributed by atoms with van der Waals surface area (Å²) in [5.74, 6) is -0.334. The van der Waals surface area contributed by atoms with Gasteiger partial charge in [0.05, 0.1) is 34.1 Å². The Hall–Kier alpha value is -3.12. The van der Waals surface area contributed by atoms with Crippen molar-refractivity contribution in [1.29, 1.82) is 0 Å². The molecule has 12 heteroatoms. The van der Waals surface area contributed by atoms with Gasteiger partial charge in [0.25, 0.3) is 5.91 Å². The molecule has 3 heterocycles. The molecule has 0 aliphatic carbocycles. The molecule has 0 spiro atoms. The second kappa shape index (κ2) is 9.57. The van der Waals surface area contributed by atoms with Gasteiger partial charge in [0, 0.05) is 7.05 Å². The summed E-state index contributed by atoms with van der Waals surface area (Å²) in [6, 6.07) is 1.80. The Morgan fingerprint density at radius 1 is 1.31 bits per heavy atom. The van der Waals surface area contributed by atoms with E-state index in [2.05, 4.69) is 15.5 Å². The van der Waals surface area contributed by atoms with Crippen molar-refractivity contribution in [2.45, 2.75) is 39.0 Å². The number of carbonyl (C=O) groups is 3. The molecule has 32 heavy (non-hydrogen) atoms. The predicted octanol–water partition coefficient (Wildman–Crippen LogP) is 3.15. The molecule has 0 aromatic carbocycles. The molecule has 3 aromatic rings. The van der Waals surface area contributed by atoms with Crippen LogP contribution in [0.15, 0.2) is 21.9 Å². The van der Waals surface area contributed by atoms with Gasteiger partial charge in [-0.1, -0.05) is 11.8 Å². The number of thioether (sulfide) groups is 1. The minimum absolute atomic E-state index is 0.0118. The Balaban J connectivity index is 1.75. The van der Waals surface area contributed by atoms with E-state index >= 15 is 0 Å². The molecule has 3 N–H and O–H groups in total. The number of carbonyl (C=O) groups excluding carboxylic acids is 3. The Kier molecular flexibility index (Phi) is 7.04. The number of aromatic nitrogens is 3. The van der Waals surface area contributed by atoms with Gasteiger partial charge < -0.3 is 24.8 Å². The summed E-state index contributed by atoms with van der Waals surface area (Å²) in [6.45, 7) is 6.85. The molecular weight excluding hydrogens is 454 g/mol. The van der Waals surface area contributed by atoms with Crippen molar-refractivity contribution in [1.82, 2.24) is 14.8 Å². The third-order valence-electron chi connectivity index (χ3n) is 4.44. The number of hydrogen-bond acceptors (Lipinski definition) is 9. The number of hydrogen-bond donors (Lipinski definition) is 2. The lowest BCUT2D eigenvalue weighted by atomic mass is 10.1. The summed E-state index contributed by atoms with van der Waals surface area (Å²) in [6.07, 6.45) is 1.21. The van der Waals surface area contributed by atoms with Gasteiger partial charge >= 0.3 is 5.97 Å². The van der Waals surface area contributed by atoms with Gasteiger partial charge in [0.15, 0.2) is 11.0 Å². The lowest BCUT2D eigenvalue weighted by Gasteiger charge is -2.10. The van der Waals surface area contributed by atoms with E-state index in [-0.39, 0.29) is 33.2 Å². The molecule has 0 saturated heterocycles. The van der Waals surface area contributed by atoms with Crippen molar-refractivity contribution in [2.24, 2.45) is 12.8 Å². The van der Waals surface area contributed by atoms with Gasteiger partial charge in [-0.25, -0.2) is 4.79 Å². The zero-order valence-corrected chi connectivity index (χ0v) is 19.8. The number of ether oxygens (including phenoxy) is 1. The van der Waals surface area contributed by atoms with E-state index in [1.165, 1.54) is 11.8 Å². The monoisotopic (exact) mass is 477 g/mol. The van der Waals surface area contributed by atoms with Crippen LogP contribution in [0.4, 0.5) is 5.00 Å². The highest BCUT2D eigenvalue weighted by Gasteiger charge is 2.26. The summed E-state index contributed by atoms with van der Waals surface area (Å²) in [4.78, 5) is 37.1. The standard InChI is InChI=1S/C20H23N5O5S2/c1-9(2)30-19(28)14-10(3)15(16(21)27)32-18(14)22-13(26)8-31-20-24-23-17(25(20)5)12-6-7-29-11(12)4/h6-7,9H,8H2,1-5H3,(H2,21,27)(H,22,26). The molecule has 0 unspecified atom stereocenters. The number of nitrogens with two attached hydrogens (primary N) is 1. The van der Waals surface area contributed by atoms with Crippen LogP contribution >= 0.6 is 23.1 Å². The summed E-state index contributed by atoms with van der Waals surface area (Å²) < 4.78 is 12.3. The predicted molar refractivity (Wildman–Crippen MR) is 121 cm³/mol. The van der Waals surface area contributed by atoms with Crippen LogP contribution in [-0.2, 0) is 16.6 Å². The maximum Gasteiger partial charge on any atom is 0.341 e. The third-order valence-corrected chi connectivity index (χ3v) is 6.68. The summed E-state index contributed by atoms with van der Waals surface area (Å²) in [7, 11) is 1.80. The first-order valence-corrected chi connectivity index (χ1v) is 11.4. The molecule has 0 atom stereocenters. The second-order valence-corrected chi connectivity index (χ2v) is 9.13. The van der Waals surface area contributed by atoms with Gasteiger partial charge in [-0.05, 0) is 39.3 Å². The van der Waals surface area contributed by atoms with Gasteiger partial charge in [-0.15, -0.1) is 21.5 Å². The fraction of sp³-hybridized carbons (Fsp3) is 0.350. The number of rotatable bonds is 8. The zero-order valence-electron chi connectivity index (χ0n) is 18.2. The molecule has 0 aliphatic heterocycles. The van der Waals surface area contributed by atoms with Crippen LogP contribution in [0.3, 0.4) is 0 Å². The lowest BCUT2D eigenvalue weighted by Crippen LogP contribution is -2.18. The minimum Gasteiger partial charge on any atom is -0.469 e.